The molecule has 2 heterocycles. The summed E-state index contributed by atoms with van der Waals surface area (Å²) in [7, 11) is 0. The van der Waals surface area contributed by atoms with Crippen LogP contribution >= 0.6 is 0 Å². The van der Waals surface area contributed by atoms with Crippen LogP contribution in [-0.2, 0) is 4.74 Å². The van der Waals surface area contributed by atoms with E-state index in [2.05, 4.69) is 20.2 Å². The number of rotatable bonds is 3. The highest BCUT2D eigenvalue weighted by Crippen LogP contribution is 2.13. The second-order valence-corrected chi connectivity index (χ2v) is 3.42. The number of aryl methyl sites for hydroxylation is 1. The van der Waals surface area contributed by atoms with E-state index in [-0.39, 0.29) is 5.82 Å². The number of nitrogens with zero attached hydrogens (tertiary/aromatic N) is 3. The Morgan fingerprint density at radius 3 is 2.94 bits per heavy atom. The molecule has 2 aromatic rings. The fourth-order valence-corrected chi connectivity index (χ4v) is 1.28. The molecule has 0 aliphatic heterocycles. The van der Waals surface area contributed by atoms with E-state index in [9.17, 15) is 4.79 Å². The van der Waals surface area contributed by atoms with Gasteiger partial charge in [-0.1, -0.05) is 0 Å². The molecule has 0 amide bonds. The van der Waals surface area contributed by atoms with Crippen LogP contribution in [0.3, 0.4) is 0 Å². The second kappa shape index (κ2) is 4.73. The van der Waals surface area contributed by atoms with Gasteiger partial charge in [-0.2, -0.15) is 5.10 Å². The molecule has 6 nitrogen and oxygen atoms in total. The first kappa shape index (κ1) is 11.3. The zero-order chi connectivity index (χ0) is 12.3. The predicted octanol–water partition coefficient (Wildman–Crippen LogP) is 1.35. The molecule has 0 bridgehead atoms. The number of H-pyrrole nitrogens is 1. The van der Waals surface area contributed by atoms with Gasteiger partial charge in [0.05, 0.1) is 6.61 Å². The van der Waals surface area contributed by atoms with Crippen molar-refractivity contribution in [1.82, 2.24) is 20.2 Å². The zero-order valence-corrected chi connectivity index (χ0v) is 9.60. The van der Waals surface area contributed by atoms with E-state index in [4.69, 9.17) is 4.74 Å². The largest absolute Gasteiger partial charge is 0.460 e. The molecule has 0 saturated carbocycles. The van der Waals surface area contributed by atoms with Crippen LogP contribution in [0.4, 0.5) is 0 Å². The molecular weight excluding hydrogens is 220 g/mol. The highest BCUT2D eigenvalue weighted by atomic mass is 16.5. The topological polar surface area (TPSA) is 80.8 Å². The summed E-state index contributed by atoms with van der Waals surface area (Å²) in [4.78, 5) is 19.6. The second-order valence-electron chi connectivity index (χ2n) is 3.42. The molecule has 0 aliphatic rings. The fourth-order valence-electron chi connectivity index (χ4n) is 1.28. The molecule has 0 radical (unpaired) electrons. The minimum atomic E-state index is -0.508. The monoisotopic (exact) mass is 232 g/mol. The van der Waals surface area contributed by atoms with Crippen LogP contribution in [0.1, 0.15) is 23.2 Å². The SMILES string of the molecule is CCOC(=O)c1nc(-c2ccc(C)nc2)n[nH]1. The summed E-state index contributed by atoms with van der Waals surface area (Å²) < 4.78 is 4.81. The van der Waals surface area contributed by atoms with Crippen LogP contribution in [0.5, 0.6) is 0 Å². The van der Waals surface area contributed by atoms with Crippen molar-refractivity contribution in [3.63, 3.8) is 0 Å². The first-order valence-electron chi connectivity index (χ1n) is 5.23. The molecule has 0 spiro atoms. The maximum atomic E-state index is 11.4. The Balaban J connectivity index is 2.23. The standard InChI is InChI=1S/C11H12N4O2/c1-3-17-11(16)10-13-9(14-15-10)8-5-4-7(2)12-6-8/h4-6H,3H2,1-2H3,(H,13,14,15). The number of esters is 1. The van der Waals surface area contributed by atoms with Crippen molar-refractivity contribution in [3.05, 3.63) is 29.8 Å². The quantitative estimate of drug-likeness (QED) is 0.808. The lowest BCUT2D eigenvalue weighted by Gasteiger charge is -1.96. The van der Waals surface area contributed by atoms with Gasteiger partial charge < -0.3 is 4.74 Å². The summed E-state index contributed by atoms with van der Waals surface area (Å²) in [6, 6.07) is 3.70. The van der Waals surface area contributed by atoms with Gasteiger partial charge in [-0.15, -0.1) is 0 Å². The number of ether oxygens (including phenoxy) is 1. The van der Waals surface area contributed by atoms with E-state index in [1.807, 2.05) is 19.1 Å². The van der Waals surface area contributed by atoms with Gasteiger partial charge in [-0.25, -0.2) is 9.78 Å². The molecule has 0 atom stereocenters. The van der Waals surface area contributed by atoms with E-state index in [1.165, 1.54) is 0 Å². The molecule has 0 fully saturated rings. The van der Waals surface area contributed by atoms with Crippen LogP contribution in [-0.4, -0.2) is 32.7 Å². The lowest BCUT2D eigenvalue weighted by Crippen LogP contribution is -2.06. The molecule has 0 aromatic carbocycles. The lowest BCUT2D eigenvalue weighted by atomic mass is 10.2. The molecule has 17 heavy (non-hydrogen) atoms. The van der Waals surface area contributed by atoms with Crippen molar-refractivity contribution in [2.75, 3.05) is 6.61 Å². The summed E-state index contributed by atoms with van der Waals surface area (Å²) >= 11 is 0. The van der Waals surface area contributed by atoms with E-state index in [1.54, 1.807) is 13.1 Å². The van der Waals surface area contributed by atoms with Gasteiger partial charge in [0.15, 0.2) is 5.82 Å². The Hall–Kier alpha value is -2.24. The number of nitrogens with one attached hydrogen (secondary N) is 1. The number of hydrogen-bond acceptors (Lipinski definition) is 5. The first-order chi connectivity index (χ1) is 8.20. The van der Waals surface area contributed by atoms with Crippen molar-refractivity contribution in [1.29, 1.82) is 0 Å². The average Bonchev–Trinajstić information content (AvgIpc) is 2.80. The number of aromatic nitrogens is 4. The molecular formula is C11H12N4O2. The normalized spacial score (nSPS) is 10.2. The van der Waals surface area contributed by atoms with Crippen LogP contribution < -0.4 is 0 Å². The Bertz CT molecular complexity index is 519. The number of hydrogen-bond donors (Lipinski definition) is 1. The van der Waals surface area contributed by atoms with Gasteiger partial charge in [0.2, 0.25) is 5.82 Å². The van der Waals surface area contributed by atoms with Crippen molar-refractivity contribution < 1.29 is 9.53 Å². The predicted molar refractivity (Wildman–Crippen MR) is 60.3 cm³/mol. The van der Waals surface area contributed by atoms with Gasteiger partial charge in [-0.05, 0) is 26.0 Å². The summed E-state index contributed by atoms with van der Waals surface area (Å²) in [5, 5.41) is 6.48. The van der Waals surface area contributed by atoms with Crippen LogP contribution in [0.25, 0.3) is 11.4 Å². The highest BCUT2D eigenvalue weighted by Gasteiger charge is 2.13. The molecule has 2 rings (SSSR count). The summed E-state index contributed by atoms with van der Waals surface area (Å²) in [6.45, 7) is 3.94. The Labute approximate surface area is 98.1 Å². The molecule has 6 heteroatoms. The minimum Gasteiger partial charge on any atom is -0.460 e. The highest BCUT2D eigenvalue weighted by molar-refractivity contribution is 5.85. The van der Waals surface area contributed by atoms with Crippen LogP contribution in [0.2, 0.25) is 0 Å². The third-order valence-electron chi connectivity index (χ3n) is 2.12. The van der Waals surface area contributed by atoms with Crippen molar-refractivity contribution in [2.24, 2.45) is 0 Å². The van der Waals surface area contributed by atoms with Gasteiger partial charge >= 0.3 is 5.97 Å². The van der Waals surface area contributed by atoms with Crippen LogP contribution in [0, 0.1) is 6.92 Å². The van der Waals surface area contributed by atoms with Gasteiger partial charge in [0, 0.05) is 17.5 Å². The molecule has 1 N–H and O–H groups in total. The van der Waals surface area contributed by atoms with Crippen molar-refractivity contribution >= 4 is 5.97 Å². The summed E-state index contributed by atoms with van der Waals surface area (Å²) in [5.41, 5.74) is 1.66. The molecule has 0 aliphatic carbocycles. The maximum absolute atomic E-state index is 11.4. The zero-order valence-electron chi connectivity index (χ0n) is 9.60. The minimum absolute atomic E-state index is 0.0995. The number of aromatic amines is 1. The smallest absolute Gasteiger partial charge is 0.375 e. The molecule has 0 saturated heterocycles. The Kier molecular flexibility index (Phi) is 3.13. The van der Waals surface area contributed by atoms with Crippen LogP contribution in [0.15, 0.2) is 18.3 Å². The maximum Gasteiger partial charge on any atom is 0.375 e. The summed E-state index contributed by atoms with van der Waals surface area (Å²) in [6.07, 6.45) is 1.66. The molecule has 88 valence electrons. The third-order valence-corrected chi connectivity index (χ3v) is 2.12. The Morgan fingerprint density at radius 2 is 2.29 bits per heavy atom. The van der Waals surface area contributed by atoms with Gasteiger partial charge in [0.1, 0.15) is 0 Å². The Morgan fingerprint density at radius 1 is 1.47 bits per heavy atom. The van der Waals surface area contributed by atoms with E-state index in [0.29, 0.717) is 12.4 Å². The van der Waals surface area contributed by atoms with Gasteiger partial charge in [-0.3, -0.25) is 10.1 Å². The average molecular weight is 232 g/mol. The lowest BCUT2D eigenvalue weighted by molar-refractivity contribution is 0.0512. The van der Waals surface area contributed by atoms with Crippen molar-refractivity contribution in [3.8, 4) is 11.4 Å². The number of pyridine rings is 1. The van der Waals surface area contributed by atoms with Crippen molar-refractivity contribution in [2.45, 2.75) is 13.8 Å². The fraction of sp³-hybridized carbons (Fsp3) is 0.273. The number of carbonyl (C=O) groups excluding carboxylic acids is 1. The van der Waals surface area contributed by atoms with E-state index >= 15 is 0 Å². The van der Waals surface area contributed by atoms with Gasteiger partial charge in [0.25, 0.3) is 0 Å². The molecule has 2 aromatic heterocycles. The first-order valence-corrected chi connectivity index (χ1v) is 5.23. The third kappa shape index (κ3) is 2.47. The summed E-state index contributed by atoms with van der Waals surface area (Å²) in [5.74, 6) is 0.0225. The van der Waals surface area contributed by atoms with E-state index < -0.39 is 5.97 Å². The number of carbonyl (C=O) groups is 1. The van der Waals surface area contributed by atoms with E-state index in [0.717, 1.165) is 11.3 Å². The molecule has 0 unspecified atom stereocenters.